The molecule has 0 unspecified atom stereocenters. The van der Waals surface area contributed by atoms with Crippen molar-refractivity contribution in [2.24, 2.45) is 0 Å². The number of aromatic nitrogens is 1. The third-order valence-electron chi connectivity index (χ3n) is 7.99. The van der Waals surface area contributed by atoms with Crippen LogP contribution < -0.4 is 15.2 Å². The first kappa shape index (κ1) is 27.7. The van der Waals surface area contributed by atoms with E-state index in [-0.39, 0.29) is 48.0 Å². The average molecular weight is 602 g/mol. The molecule has 0 N–H and O–H groups in total. The molecule has 1 amide bonds. The quantitative estimate of drug-likeness (QED) is 0.261. The number of hydrogen-bond acceptors (Lipinski definition) is 6. The van der Waals surface area contributed by atoms with E-state index in [1.165, 1.54) is 17.8 Å². The van der Waals surface area contributed by atoms with Gasteiger partial charge in [0.25, 0.3) is 5.91 Å². The number of ether oxygens (including phenoxy) is 2. The molecule has 1 atom stereocenters. The van der Waals surface area contributed by atoms with Gasteiger partial charge in [0.2, 0.25) is 5.43 Å². The van der Waals surface area contributed by atoms with E-state index in [0.717, 1.165) is 34.9 Å². The Labute approximate surface area is 251 Å². The minimum Gasteiger partial charge on any atom is -0.482 e. The number of thioether (sulfide) groups is 1. The molecule has 10 heteroatoms. The second-order valence-electron chi connectivity index (χ2n) is 10.9. The summed E-state index contributed by atoms with van der Waals surface area (Å²) < 4.78 is 43.4. The van der Waals surface area contributed by atoms with E-state index in [0.29, 0.717) is 18.7 Å². The van der Waals surface area contributed by atoms with Gasteiger partial charge in [-0.15, -0.1) is 11.8 Å². The van der Waals surface area contributed by atoms with Crippen LogP contribution in [0.3, 0.4) is 0 Å². The maximum atomic E-state index is 15.3. The number of halogens is 2. The van der Waals surface area contributed by atoms with E-state index in [9.17, 15) is 14.0 Å². The largest absolute Gasteiger partial charge is 0.482 e. The molecule has 3 aliphatic rings. The summed E-state index contributed by atoms with van der Waals surface area (Å²) in [6, 6.07) is 20.7. The van der Waals surface area contributed by atoms with Crippen molar-refractivity contribution in [1.82, 2.24) is 9.58 Å². The Bertz CT molecular complexity index is 1740. The maximum absolute atomic E-state index is 15.3. The summed E-state index contributed by atoms with van der Waals surface area (Å²) in [7, 11) is 0. The number of rotatable bonds is 8. The van der Waals surface area contributed by atoms with E-state index in [1.807, 2.05) is 59.6 Å². The van der Waals surface area contributed by atoms with Crippen molar-refractivity contribution in [3.05, 3.63) is 129 Å². The molecule has 3 aromatic carbocycles. The molecule has 0 radical (unpaired) electrons. The fourth-order valence-corrected chi connectivity index (χ4v) is 6.79. The van der Waals surface area contributed by atoms with Gasteiger partial charge in [0, 0.05) is 35.0 Å². The molecule has 1 aliphatic carbocycles. The van der Waals surface area contributed by atoms with Gasteiger partial charge in [0.15, 0.2) is 23.1 Å². The summed E-state index contributed by atoms with van der Waals surface area (Å²) in [6.45, 7) is 0.861. The summed E-state index contributed by atoms with van der Waals surface area (Å²) in [6.07, 6.45) is 3.78. The lowest BCUT2D eigenvalue weighted by Crippen LogP contribution is -2.56. The van der Waals surface area contributed by atoms with Crippen molar-refractivity contribution in [3.63, 3.8) is 0 Å². The topological polar surface area (TPSA) is 64.0 Å². The van der Waals surface area contributed by atoms with Crippen molar-refractivity contribution in [1.29, 1.82) is 0 Å². The van der Waals surface area contributed by atoms with E-state index >= 15 is 4.39 Å². The van der Waals surface area contributed by atoms with Crippen LogP contribution in [-0.2, 0) is 17.1 Å². The average Bonchev–Trinajstić information content (AvgIpc) is 3.87. The number of nitrogens with zero attached hydrogens (tertiary/aromatic N) is 3. The van der Waals surface area contributed by atoms with Gasteiger partial charge in [-0.2, -0.15) is 0 Å². The molecule has 0 saturated heterocycles. The fraction of sp³-hybridized carbons (Fsp3) is 0.273. The monoisotopic (exact) mass is 601 g/mol. The van der Waals surface area contributed by atoms with Crippen LogP contribution in [0.15, 0.2) is 88.7 Å². The lowest BCUT2D eigenvalue weighted by molar-refractivity contribution is 0.0533. The maximum Gasteiger partial charge on any atom is 0.277 e. The molecule has 7 nitrogen and oxygen atoms in total. The second-order valence-corrected chi connectivity index (χ2v) is 11.9. The summed E-state index contributed by atoms with van der Waals surface area (Å²) >= 11 is 1.44. The Kier molecular flexibility index (Phi) is 7.40. The van der Waals surface area contributed by atoms with Gasteiger partial charge in [-0.3, -0.25) is 19.3 Å². The molecule has 0 bridgehead atoms. The van der Waals surface area contributed by atoms with Gasteiger partial charge in [-0.1, -0.05) is 54.6 Å². The minimum atomic E-state index is -0.905. The third kappa shape index (κ3) is 5.29. The van der Waals surface area contributed by atoms with Crippen LogP contribution in [0.25, 0.3) is 0 Å². The van der Waals surface area contributed by atoms with Gasteiger partial charge >= 0.3 is 0 Å². The Hall–Kier alpha value is -4.15. The molecule has 1 aromatic heterocycles. The SMILES string of the molecule is O=C1c2c(OCc3ccccc3)c(=O)ccn2N([C@@H]2c3ccccc3SCc3c2ccc(F)c3F)CN1CCOC1CC1. The van der Waals surface area contributed by atoms with Crippen molar-refractivity contribution in [2.75, 3.05) is 24.8 Å². The Balaban J connectivity index is 1.37. The van der Waals surface area contributed by atoms with Gasteiger partial charge in [0.1, 0.15) is 13.3 Å². The van der Waals surface area contributed by atoms with Crippen LogP contribution in [0.1, 0.15) is 51.6 Å². The van der Waals surface area contributed by atoms with Crippen molar-refractivity contribution < 1.29 is 23.0 Å². The van der Waals surface area contributed by atoms with Gasteiger partial charge < -0.3 is 14.4 Å². The molecule has 4 aromatic rings. The highest BCUT2D eigenvalue weighted by Gasteiger charge is 2.39. The first-order chi connectivity index (χ1) is 21.0. The number of amides is 1. The van der Waals surface area contributed by atoms with Crippen LogP contribution in [0.2, 0.25) is 0 Å². The lowest BCUT2D eigenvalue weighted by atomic mass is 9.94. The second kappa shape index (κ2) is 11.5. The predicted octanol–water partition coefficient (Wildman–Crippen LogP) is 5.63. The van der Waals surface area contributed by atoms with Crippen LogP contribution in [0, 0.1) is 11.6 Å². The van der Waals surface area contributed by atoms with Gasteiger partial charge in [0.05, 0.1) is 18.8 Å². The Morgan fingerprint density at radius 2 is 1.70 bits per heavy atom. The zero-order valence-corrected chi connectivity index (χ0v) is 24.1. The Morgan fingerprint density at radius 3 is 2.51 bits per heavy atom. The van der Waals surface area contributed by atoms with E-state index in [1.54, 1.807) is 21.8 Å². The zero-order chi connectivity index (χ0) is 29.5. The standard InChI is InChI=1S/C33H29F2N3O4S/c34-26-13-12-23-25(29(26)35)19-43-28-9-5-4-8-24(28)30(23)38-20-36(16-17-41-22-10-11-22)33(40)31-32(27(39)14-15-37(31)38)42-18-21-6-2-1-3-7-21/h1-9,12-15,22,30H,10-11,16-20H2/t30-/m0/s1. The number of carbonyl (C=O) groups excluding carboxylic acids is 1. The molecule has 7 rings (SSSR count). The molecular formula is C33H29F2N3O4S. The summed E-state index contributed by atoms with van der Waals surface area (Å²) in [5.74, 6) is -1.95. The summed E-state index contributed by atoms with van der Waals surface area (Å²) in [5, 5.41) is 1.92. The van der Waals surface area contributed by atoms with Crippen LogP contribution in [0.4, 0.5) is 8.78 Å². The highest BCUT2D eigenvalue weighted by Crippen LogP contribution is 2.44. The molecule has 1 saturated carbocycles. The number of benzene rings is 3. The van der Waals surface area contributed by atoms with Gasteiger partial charge in [-0.25, -0.2) is 8.78 Å². The molecule has 43 heavy (non-hydrogen) atoms. The Morgan fingerprint density at radius 1 is 0.907 bits per heavy atom. The van der Waals surface area contributed by atoms with Crippen LogP contribution in [0.5, 0.6) is 5.75 Å². The molecule has 220 valence electrons. The first-order valence-electron chi connectivity index (χ1n) is 14.3. The minimum absolute atomic E-state index is 0.0593. The third-order valence-corrected chi connectivity index (χ3v) is 9.11. The smallest absolute Gasteiger partial charge is 0.277 e. The number of fused-ring (bicyclic) bond motifs is 3. The van der Waals surface area contributed by atoms with Crippen LogP contribution >= 0.6 is 11.8 Å². The molecule has 0 spiro atoms. The fourth-order valence-electron chi connectivity index (χ4n) is 5.67. The first-order valence-corrected chi connectivity index (χ1v) is 15.3. The molecule has 1 fully saturated rings. The van der Waals surface area contributed by atoms with E-state index in [2.05, 4.69) is 0 Å². The summed E-state index contributed by atoms with van der Waals surface area (Å²) in [4.78, 5) is 29.9. The van der Waals surface area contributed by atoms with Gasteiger partial charge in [-0.05, 0) is 41.7 Å². The highest BCUT2D eigenvalue weighted by molar-refractivity contribution is 7.98. The zero-order valence-electron chi connectivity index (χ0n) is 23.2. The van der Waals surface area contributed by atoms with Crippen molar-refractivity contribution >= 4 is 17.7 Å². The summed E-state index contributed by atoms with van der Waals surface area (Å²) in [5.41, 5.74) is 2.26. The highest BCUT2D eigenvalue weighted by atomic mass is 32.2. The molecule has 3 heterocycles. The van der Waals surface area contributed by atoms with E-state index < -0.39 is 23.1 Å². The van der Waals surface area contributed by atoms with Crippen molar-refractivity contribution in [3.8, 4) is 5.75 Å². The van der Waals surface area contributed by atoms with Crippen molar-refractivity contribution in [2.45, 2.75) is 42.2 Å². The van der Waals surface area contributed by atoms with E-state index in [4.69, 9.17) is 9.47 Å². The van der Waals surface area contributed by atoms with Crippen LogP contribution in [-0.4, -0.2) is 41.4 Å². The molecule has 2 aliphatic heterocycles. The predicted molar refractivity (Wildman–Crippen MR) is 159 cm³/mol. The number of hydrogen-bond donors (Lipinski definition) is 0. The molecular weight excluding hydrogens is 572 g/mol. The normalized spacial score (nSPS) is 17.6. The lowest BCUT2D eigenvalue weighted by Gasteiger charge is -2.44. The number of pyridine rings is 1. The number of carbonyl (C=O) groups is 1.